The molecule has 8 heteroatoms. The highest BCUT2D eigenvalue weighted by Gasteiger charge is 2.55. The minimum atomic E-state index is -1.37. The summed E-state index contributed by atoms with van der Waals surface area (Å²) in [6.45, 7) is 1.14. The van der Waals surface area contributed by atoms with E-state index in [1.54, 1.807) is 41.3 Å². The maximum absolute atomic E-state index is 13.8. The summed E-state index contributed by atoms with van der Waals surface area (Å²) in [6, 6.07) is 16.1. The van der Waals surface area contributed by atoms with Crippen LogP contribution >= 0.6 is 0 Å². The number of hydrogen-bond donors (Lipinski definition) is 0. The second kappa shape index (κ2) is 11.0. The molecule has 0 unspecified atom stereocenters. The minimum absolute atomic E-state index is 0.0189. The van der Waals surface area contributed by atoms with Gasteiger partial charge in [0.25, 0.3) is 0 Å². The lowest BCUT2D eigenvalue weighted by Crippen LogP contribution is -2.47. The van der Waals surface area contributed by atoms with Crippen molar-refractivity contribution in [2.75, 3.05) is 40.5 Å². The van der Waals surface area contributed by atoms with Gasteiger partial charge < -0.3 is 14.4 Å². The van der Waals surface area contributed by atoms with Crippen molar-refractivity contribution in [1.29, 1.82) is 0 Å². The summed E-state index contributed by atoms with van der Waals surface area (Å²) >= 11 is 0. The van der Waals surface area contributed by atoms with Crippen LogP contribution in [0.4, 0.5) is 0 Å². The van der Waals surface area contributed by atoms with Gasteiger partial charge in [-0.05, 0) is 18.9 Å². The van der Waals surface area contributed by atoms with Crippen LogP contribution in [-0.2, 0) is 24.5 Å². The van der Waals surface area contributed by atoms with E-state index in [-0.39, 0.29) is 49.5 Å². The molecule has 2 aromatic carbocycles. The van der Waals surface area contributed by atoms with E-state index in [1.165, 1.54) is 19.1 Å². The molecule has 2 heterocycles. The molecule has 2 aromatic rings. The number of carbonyl (C=O) groups excluding carboxylic acids is 4. The number of ether oxygens (including phenoxy) is 2. The van der Waals surface area contributed by atoms with Crippen LogP contribution in [0.25, 0.3) is 0 Å². The van der Waals surface area contributed by atoms with Crippen LogP contribution in [0.15, 0.2) is 54.6 Å². The topological polar surface area (TPSA) is 93.2 Å². The molecule has 0 spiro atoms. The summed E-state index contributed by atoms with van der Waals surface area (Å²) < 4.78 is 10.6. The molecule has 2 saturated heterocycles. The van der Waals surface area contributed by atoms with Crippen molar-refractivity contribution in [1.82, 2.24) is 9.80 Å². The third-order valence-electron chi connectivity index (χ3n) is 7.21. The Balaban J connectivity index is 1.61. The quantitative estimate of drug-likeness (QED) is 0.395. The Morgan fingerprint density at radius 3 is 2.47 bits per heavy atom. The maximum Gasteiger partial charge on any atom is 0.241 e. The van der Waals surface area contributed by atoms with Crippen LogP contribution in [0.5, 0.6) is 5.75 Å². The zero-order valence-corrected chi connectivity index (χ0v) is 20.8. The molecule has 36 heavy (non-hydrogen) atoms. The van der Waals surface area contributed by atoms with Crippen molar-refractivity contribution in [3.05, 3.63) is 65.7 Å². The number of rotatable bonds is 9. The Kier molecular flexibility index (Phi) is 7.84. The number of methoxy groups -OCH3 is 2. The number of carbonyl (C=O) groups is 4. The van der Waals surface area contributed by atoms with Crippen LogP contribution in [0.1, 0.15) is 41.6 Å². The third kappa shape index (κ3) is 4.91. The van der Waals surface area contributed by atoms with Crippen molar-refractivity contribution >= 4 is 23.5 Å². The van der Waals surface area contributed by atoms with Crippen LogP contribution in [0, 0.1) is 5.92 Å². The first-order valence-corrected chi connectivity index (χ1v) is 12.3. The fraction of sp³-hybridized carbons (Fsp3) is 0.429. The molecule has 0 bridgehead atoms. The summed E-state index contributed by atoms with van der Waals surface area (Å²) in [5.74, 6) is -0.836. The highest BCUT2D eigenvalue weighted by molar-refractivity contribution is 6.11. The zero-order chi connectivity index (χ0) is 25.7. The van der Waals surface area contributed by atoms with Crippen molar-refractivity contribution in [3.8, 4) is 5.75 Å². The van der Waals surface area contributed by atoms with Gasteiger partial charge in [-0.1, -0.05) is 48.5 Å². The number of likely N-dealkylation sites (tertiary alicyclic amines) is 2. The van der Waals surface area contributed by atoms with Gasteiger partial charge in [0.15, 0.2) is 5.78 Å². The van der Waals surface area contributed by atoms with Crippen LogP contribution in [-0.4, -0.2) is 73.8 Å². The first kappa shape index (κ1) is 25.6. The van der Waals surface area contributed by atoms with Gasteiger partial charge >= 0.3 is 0 Å². The lowest BCUT2D eigenvalue weighted by molar-refractivity contribution is -0.143. The molecule has 2 atom stereocenters. The lowest BCUT2D eigenvalue weighted by Gasteiger charge is -2.35. The van der Waals surface area contributed by atoms with Crippen LogP contribution in [0.3, 0.4) is 0 Å². The number of ketones is 1. The van der Waals surface area contributed by atoms with Gasteiger partial charge in [-0.3, -0.25) is 24.1 Å². The molecule has 8 nitrogen and oxygen atoms in total. The SMILES string of the molecule is COCCN1C(=O)C[C@@](CC(=O)N2CCC[C@H](C(=O)c3ccccc3)C2)(c2ccccc2OC)C1=O. The van der Waals surface area contributed by atoms with Gasteiger partial charge in [0.05, 0.1) is 25.7 Å². The van der Waals surface area contributed by atoms with Crippen molar-refractivity contribution < 1.29 is 28.7 Å². The number of nitrogens with zero attached hydrogens (tertiary/aromatic N) is 2. The Morgan fingerprint density at radius 1 is 1.03 bits per heavy atom. The third-order valence-corrected chi connectivity index (χ3v) is 7.21. The minimum Gasteiger partial charge on any atom is -0.496 e. The molecule has 0 radical (unpaired) electrons. The molecule has 2 fully saturated rings. The van der Waals surface area contributed by atoms with E-state index in [1.807, 2.05) is 18.2 Å². The molecular formula is C28H32N2O6. The molecule has 4 rings (SSSR count). The molecule has 0 saturated carbocycles. The summed E-state index contributed by atoms with van der Waals surface area (Å²) in [5.41, 5.74) is -0.217. The molecule has 0 aliphatic carbocycles. The second-order valence-electron chi connectivity index (χ2n) is 9.39. The number of para-hydroxylation sites is 1. The van der Waals surface area contributed by atoms with Gasteiger partial charge in [0.2, 0.25) is 17.7 Å². The molecular weight excluding hydrogens is 460 g/mol. The second-order valence-corrected chi connectivity index (χ2v) is 9.39. The van der Waals surface area contributed by atoms with Gasteiger partial charge in [-0.15, -0.1) is 0 Å². The van der Waals surface area contributed by atoms with E-state index in [2.05, 4.69) is 0 Å². The number of amides is 3. The molecule has 0 aromatic heterocycles. The number of piperidine rings is 1. The van der Waals surface area contributed by atoms with Crippen molar-refractivity contribution in [2.24, 2.45) is 5.92 Å². The number of benzene rings is 2. The first-order chi connectivity index (χ1) is 17.4. The molecule has 0 N–H and O–H groups in total. The maximum atomic E-state index is 13.8. The van der Waals surface area contributed by atoms with Gasteiger partial charge in [0, 0.05) is 50.1 Å². The first-order valence-electron chi connectivity index (χ1n) is 12.3. The van der Waals surface area contributed by atoms with Crippen LogP contribution in [0.2, 0.25) is 0 Å². The van der Waals surface area contributed by atoms with Crippen molar-refractivity contribution in [2.45, 2.75) is 31.1 Å². The Morgan fingerprint density at radius 2 is 1.75 bits per heavy atom. The van der Waals surface area contributed by atoms with E-state index in [9.17, 15) is 19.2 Å². The standard InChI is InChI=1S/C28H32N2O6/c1-35-16-15-30-25(32)18-28(27(30)34,22-12-6-7-13-23(22)36-2)17-24(31)29-14-8-11-21(19-29)26(33)20-9-4-3-5-10-20/h3-7,9-10,12-13,21H,8,11,14-19H2,1-2H3/t21-,28-/m0/s1. The molecule has 2 aliphatic rings. The smallest absolute Gasteiger partial charge is 0.241 e. The average Bonchev–Trinajstić information content (AvgIpc) is 3.16. The fourth-order valence-corrected chi connectivity index (χ4v) is 5.32. The predicted molar refractivity (Wildman–Crippen MR) is 133 cm³/mol. The highest BCUT2D eigenvalue weighted by Crippen LogP contribution is 2.44. The molecule has 2 aliphatic heterocycles. The van der Waals surface area contributed by atoms with Gasteiger partial charge in [0.1, 0.15) is 5.75 Å². The van der Waals surface area contributed by atoms with Crippen molar-refractivity contribution in [3.63, 3.8) is 0 Å². The number of hydrogen-bond acceptors (Lipinski definition) is 6. The summed E-state index contributed by atoms with van der Waals surface area (Å²) in [5, 5.41) is 0. The number of imide groups is 1. The molecule has 190 valence electrons. The van der Waals surface area contributed by atoms with Gasteiger partial charge in [-0.25, -0.2) is 0 Å². The lowest BCUT2D eigenvalue weighted by atomic mass is 9.75. The fourth-order valence-electron chi connectivity index (χ4n) is 5.32. The molecule has 3 amide bonds. The Bertz CT molecular complexity index is 1130. The Hall–Kier alpha value is -3.52. The van der Waals surface area contributed by atoms with E-state index in [0.717, 1.165) is 0 Å². The number of Topliss-reactive ketones (excluding diaryl/α,β-unsaturated/α-hetero) is 1. The Labute approximate surface area is 211 Å². The van der Waals surface area contributed by atoms with E-state index < -0.39 is 11.3 Å². The summed E-state index contributed by atoms with van der Waals surface area (Å²) in [7, 11) is 3.01. The monoisotopic (exact) mass is 492 g/mol. The predicted octanol–water partition coefficient (Wildman–Crippen LogP) is 2.85. The van der Waals surface area contributed by atoms with E-state index in [0.29, 0.717) is 42.8 Å². The zero-order valence-electron chi connectivity index (χ0n) is 20.8. The highest BCUT2D eigenvalue weighted by atomic mass is 16.5. The summed E-state index contributed by atoms with van der Waals surface area (Å²) in [6.07, 6.45) is 1.11. The summed E-state index contributed by atoms with van der Waals surface area (Å²) in [4.78, 5) is 56.3. The normalized spacial score (nSPS) is 22.1. The van der Waals surface area contributed by atoms with E-state index >= 15 is 0 Å². The van der Waals surface area contributed by atoms with Crippen LogP contribution < -0.4 is 4.74 Å². The largest absolute Gasteiger partial charge is 0.496 e. The average molecular weight is 493 g/mol. The van der Waals surface area contributed by atoms with E-state index in [4.69, 9.17) is 9.47 Å². The van der Waals surface area contributed by atoms with Gasteiger partial charge in [-0.2, -0.15) is 0 Å².